The zero-order valence-electron chi connectivity index (χ0n) is 21.3. The van der Waals surface area contributed by atoms with Crippen LogP contribution in [-0.4, -0.2) is 11.9 Å². The van der Waals surface area contributed by atoms with E-state index in [9.17, 15) is 5.02 Å². The molecule has 2 aliphatic rings. The molecular weight excluding hydrogens is 501 g/mol. The van der Waals surface area contributed by atoms with Gasteiger partial charge in [-0.3, -0.25) is 0 Å². The smallest absolute Gasteiger partial charge is 0.362 e. The van der Waals surface area contributed by atoms with E-state index in [2.05, 4.69) is 110 Å². The van der Waals surface area contributed by atoms with Gasteiger partial charge in [-0.05, 0) is 64.5 Å². The van der Waals surface area contributed by atoms with Crippen molar-refractivity contribution >= 4 is 58.4 Å². The summed E-state index contributed by atoms with van der Waals surface area (Å²) < 4.78 is 0. The molecule has 0 saturated heterocycles. The fraction of sp³-hybridized carbons (Fsp3) is 0.0909. The van der Waals surface area contributed by atoms with Crippen LogP contribution >= 0.6 is 23.5 Å². The lowest BCUT2D eigenvalue weighted by molar-refractivity contribution is 0.597. The van der Waals surface area contributed by atoms with E-state index in [-0.39, 0.29) is 5.41 Å². The van der Waals surface area contributed by atoms with E-state index in [1.54, 1.807) is 23.5 Å². The van der Waals surface area contributed by atoms with Gasteiger partial charge in [-0.2, -0.15) is 0 Å². The van der Waals surface area contributed by atoms with Crippen LogP contribution in [0.2, 0.25) is 0 Å². The number of fused-ring (bicyclic) bond motifs is 4. The molecule has 0 aromatic heterocycles. The van der Waals surface area contributed by atoms with Crippen LogP contribution in [0.15, 0.2) is 135 Å². The highest BCUT2D eigenvalue weighted by Gasteiger charge is 2.38. The summed E-state index contributed by atoms with van der Waals surface area (Å²) in [7, 11) is 0. The molecule has 5 aromatic carbocycles. The van der Waals surface area contributed by atoms with Crippen LogP contribution < -0.4 is 15.8 Å². The molecule has 0 spiro atoms. The maximum atomic E-state index is 11.6. The van der Waals surface area contributed by atoms with Gasteiger partial charge in [0, 0.05) is 30.7 Å². The number of hydrogen-bond donors (Lipinski definition) is 1. The molecule has 5 aromatic rings. The Kier molecular flexibility index (Phi) is 5.70. The highest BCUT2D eigenvalue weighted by atomic mass is 32.2. The zero-order valence-corrected chi connectivity index (χ0v) is 22.9. The molecule has 2 heterocycles. The van der Waals surface area contributed by atoms with Crippen LogP contribution in [-0.2, 0) is 5.41 Å². The van der Waals surface area contributed by atoms with Crippen LogP contribution in [0, 0.1) is 0 Å². The topological polar surface area (TPSA) is 23.5 Å². The Bertz CT molecular complexity index is 1630. The van der Waals surface area contributed by atoms with Gasteiger partial charge in [0.05, 0.1) is 11.4 Å². The minimum atomic E-state index is -0.664. The average Bonchev–Trinajstić information content (AvgIpc) is 2.94. The molecule has 0 atom stereocenters. The van der Waals surface area contributed by atoms with Crippen molar-refractivity contribution in [2.24, 2.45) is 0 Å². The maximum Gasteiger partial charge on any atom is 0.362 e. The Morgan fingerprint density at radius 3 is 2.03 bits per heavy atom. The van der Waals surface area contributed by atoms with Crippen LogP contribution in [0.5, 0.6) is 0 Å². The predicted octanol–water partition coefficient (Wildman–Crippen LogP) is 7.51. The van der Waals surface area contributed by atoms with Crippen molar-refractivity contribution in [3.05, 3.63) is 126 Å². The van der Waals surface area contributed by atoms with Crippen LogP contribution in [0.1, 0.15) is 25.0 Å². The average molecular weight is 528 g/mol. The lowest BCUT2D eigenvalue weighted by Crippen LogP contribution is -2.47. The minimum absolute atomic E-state index is 0.108. The second-order valence-corrected chi connectivity index (χ2v) is 12.5. The summed E-state index contributed by atoms with van der Waals surface area (Å²) >= 11 is 3.47. The number of benzene rings is 5. The Labute approximate surface area is 232 Å². The first-order valence-electron chi connectivity index (χ1n) is 12.9. The predicted molar refractivity (Wildman–Crippen MR) is 162 cm³/mol. The molecule has 7 rings (SSSR count). The largest absolute Gasteiger partial charge is 0.443 e. The fourth-order valence-corrected chi connectivity index (χ4v) is 8.11. The first-order valence-corrected chi connectivity index (χ1v) is 14.5. The second kappa shape index (κ2) is 9.13. The summed E-state index contributed by atoms with van der Waals surface area (Å²) in [6.07, 6.45) is 0. The Hall–Kier alpha value is -3.38. The first kappa shape index (κ1) is 23.7. The Balaban J connectivity index is 1.47. The summed E-state index contributed by atoms with van der Waals surface area (Å²) in [6.45, 7) is 3.96. The number of para-hydroxylation sites is 2. The van der Waals surface area contributed by atoms with Crippen molar-refractivity contribution in [1.29, 1.82) is 0 Å². The van der Waals surface area contributed by atoms with Crippen molar-refractivity contribution in [2.45, 2.75) is 38.8 Å². The number of nitrogens with zero attached hydrogens (tertiary/aromatic N) is 1. The molecule has 0 fully saturated rings. The molecular formula is C33H26BNOS2. The summed E-state index contributed by atoms with van der Waals surface area (Å²) in [5, 5.41) is 11.6. The van der Waals surface area contributed by atoms with E-state index in [4.69, 9.17) is 0 Å². The van der Waals surface area contributed by atoms with Crippen molar-refractivity contribution in [3.8, 4) is 0 Å². The van der Waals surface area contributed by atoms with Gasteiger partial charge in [0.1, 0.15) is 0 Å². The van der Waals surface area contributed by atoms with Crippen LogP contribution in [0.25, 0.3) is 0 Å². The highest BCUT2D eigenvalue weighted by molar-refractivity contribution is 8.01. The van der Waals surface area contributed by atoms with E-state index in [1.807, 2.05) is 24.3 Å². The van der Waals surface area contributed by atoms with E-state index < -0.39 is 6.92 Å². The van der Waals surface area contributed by atoms with Gasteiger partial charge in [0.25, 0.3) is 0 Å². The fourth-order valence-electron chi connectivity index (χ4n) is 5.79. The molecule has 2 aliphatic heterocycles. The highest BCUT2D eigenvalue weighted by Crippen LogP contribution is 2.52. The molecule has 0 aliphatic carbocycles. The molecule has 1 N–H and O–H groups in total. The molecule has 0 bridgehead atoms. The zero-order chi connectivity index (χ0) is 25.9. The van der Waals surface area contributed by atoms with Gasteiger partial charge in [0.15, 0.2) is 0 Å². The van der Waals surface area contributed by atoms with Crippen LogP contribution in [0.3, 0.4) is 0 Å². The maximum absolute atomic E-state index is 11.6. The third-order valence-corrected chi connectivity index (χ3v) is 9.88. The number of hydrogen-bond acceptors (Lipinski definition) is 4. The SMILES string of the molecule is CC1(C)c2ccccc2N(c2cc(Sc3ccccc3)c3c(c2)Sc2ccccc2B3O)c2ccccc21. The molecule has 184 valence electrons. The van der Waals surface area contributed by atoms with Gasteiger partial charge < -0.3 is 9.92 Å². The lowest BCUT2D eigenvalue weighted by Gasteiger charge is -2.42. The molecule has 0 radical (unpaired) electrons. The van der Waals surface area contributed by atoms with Crippen molar-refractivity contribution in [2.75, 3.05) is 4.90 Å². The molecule has 0 amide bonds. The minimum Gasteiger partial charge on any atom is -0.443 e. The van der Waals surface area contributed by atoms with E-state index in [0.717, 1.165) is 36.2 Å². The van der Waals surface area contributed by atoms with Crippen LogP contribution in [0.4, 0.5) is 17.1 Å². The standard InChI is InChI=1S/C33H26BNOS2/c1-33(2)24-14-6-9-17-27(24)35(28-18-10-7-15-25(28)33)22-20-30(37-23-12-4-3-5-13-23)32-31(21-22)38-29-19-11-8-16-26(29)34(32)36/h3-21,36H,1-2H3. The van der Waals surface area contributed by atoms with Crippen molar-refractivity contribution in [3.63, 3.8) is 0 Å². The van der Waals surface area contributed by atoms with Crippen molar-refractivity contribution in [1.82, 2.24) is 0 Å². The second-order valence-electron chi connectivity index (χ2n) is 10.3. The quantitative estimate of drug-likeness (QED) is 0.245. The van der Waals surface area contributed by atoms with E-state index in [1.165, 1.54) is 22.5 Å². The summed E-state index contributed by atoms with van der Waals surface area (Å²) in [5.41, 5.74) is 7.99. The molecule has 0 saturated carbocycles. The van der Waals surface area contributed by atoms with Gasteiger partial charge in [-0.15, -0.1) is 0 Å². The number of anilines is 3. The monoisotopic (exact) mass is 527 g/mol. The first-order chi connectivity index (χ1) is 18.5. The lowest BCUT2D eigenvalue weighted by atomic mass is 9.55. The summed E-state index contributed by atoms with van der Waals surface area (Å²) in [6, 6.07) is 40.7. The molecule has 38 heavy (non-hydrogen) atoms. The van der Waals surface area contributed by atoms with Crippen molar-refractivity contribution < 1.29 is 5.02 Å². The number of rotatable bonds is 3. The summed E-state index contributed by atoms with van der Waals surface area (Å²) in [4.78, 5) is 6.85. The summed E-state index contributed by atoms with van der Waals surface area (Å²) in [5.74, 6) is 0. The normalized spacial score (nSPS) is 14.8. The molecule has 0 unspecified atom stereocenters. The molecule has 5 heteroatoms. The van der Waals surface area contributed by atoms with E-state index >= 15 is 0 Å². The van der Waals surface area contributed by atoms with Gasteiger partial charge in [-0.1, -0.05) is 110 Å². The Morgan fingerprint density at radius 2 is 1.32 bits per heavy atom. The van der Waals surface area contributed by atoms with Gasteiger partial charge >= 0.3 is 6.92 Å². The van der Waals surface area contributed by atoms with Gasteiger partial charge in [0.2, 0.25) is 0 Å². The van der Waals surface area contributed by atoms with E-state index in [0.29, 0.717) is 0 Å². The Morgan fingerprint density at radius 1 is 0.711 bits per heavy atom. The third-order valence-electron chi connectivity index (χ3n) is 7.66. The third kappa shape index (κ3) is 3.72. The van der Waals surface area contributed by atoms with Gasteiger partial charge in [-0.25, -0.2) is 0 Å². The molecule has 2 nitrogen and oxygen atoms in total.